The van der Waals surface area contributed by atoms with Gasteiger partial charge in [-0.3, -0.25) is 0 Å². The van der Waals surface area contributed by atoms with E-state index in [2.05, 4.69) is 91.0 Å². The van der Waals surface area contributed by atoms with E-state index < -0.39 is 0 Å². The summed E-state index contributed by atoms with van der Waals surface area (Å²) in [5.74, 6) is 1.88. The van der Waals surface area contributed by atoms with Crippen molar-refractivity contribution >= 4 is 85.0 Å². The Morgan fingerprint density at radius 3 is 1.94 bits per heavy atom. The molecular formula is C45H25N3OS2. The monoisotopic (exact) mass is 687 g/mol. The maximum Gasteiger partial charge on any atom is 0.164 e. The fourth-order valence-electron chi connectivity index (χ4n) is 7.45. The molecule has 0 aliphatic rings. The smallest absolute Gasteiger partial charge is 0.164 e. The van der Waals surface area contributed by atoms with Crippen molar-refractivity contribution in [2.75, 3.05) is 0 Å². The number of fused-ring (bicyclic) bond motifs is 9. The summed E-state index contributed by atoms with van der Waals surface area (Å²) < 4.78 is 11.4. The number of benzene rings is 7. The molecule has 0 aliphatic carbocycles. The van der Waals surface area contributed by atoms with E-state index >= 15 is 0 Å². The molecule has 4 nitrogen and oxygen atoms in total. The van der Waals surface area contributed by atoms with Gasteiger partial charge in [-0.05, 0) is 48.0 Å². The van der Waals surface area contributed by atoms with Crippen molar-refractivity contribution < 1.29 is 4.42 Å². The van der Waals surface area contributed by atoms with Gasteiger partial charge in [-0.15, -0.1) is 22.7 Å². The van der Waals surface area contributed by atoms with Crippen LogP contribution in [0.3, 0.4) is 0 Å². The maximum atomic E-state index is 6.25. The molecule has 0 fully saturated rings. The lowest BCUT2D eigenvalue weighted by molar-refractivity contribution is 0.669. The van der Waals surface area contributed by atoms with Crippen LogP contribution in [0.4, 0.5) is 0 Å². The first kappa shape index (κ1) is 28.6. The number of furan rings is 1. The summed E-state index contributed by atoms with van der Waals surface area (Å²) in [6.45, 7) is 0. The van der Waals surface area contributed by atoms with Crippen LogP contribution in [0.1, 0.15) is 0 Å². The molecule has 0 atom stereocenters. The molecule has 0 spiro atoms. The van der Waals surface area contributed by atoms with Gasteiger partial charge in [-0.25, -0.2) is 15.0 Å². The molecule has 51 heavy (non-hydrogen) atoms. The van der Waals surface area contributed by atoms with Crippen molar-refractivity contribution in [2.24, 2.45) is 0 Å². The van der Waals surface area contributed by atoms with Crippen LogP contribution >= 0.6 is 22.7 Å². The van der Waals surface area contributed by atoms with Crippen molar-refractivity contribution in [3.05, 3.63) is 152 Å². The number of nitrogens with zero attached hydrogens (tertiary/aromatic N) is 3. The van der Waals surface area contributed by atoms with E-state index in [0.29, 0.717) is 17.5 Å². The number of thiophene rings is 2. The molecule has 0 saturated carbocycles. The van der Waals surface area contributed by atoms with Gasteiger partial charge in [-0.1, -0.05) is 109 Å². The van der Waals surface area contributed by atoms with Crippen LogP contribution in [-0.2, 0) is 0 Å². The van der Waals surface area contributed by atoms with Crippen molar-refractivity contribution in [3.63, 3.8) is 0 Å². The van der Waals surface area contributed by atoms with Crippen molar-refractivity contribution in [2.45, 2.75) is 0 Å². The number of para-hydroxylation sites is 1. The third kappa shape index (κ3) is 4.47. The van der Waals surface area contributed by atoms with Crippen molar-refractivity contribution in [1.29, 1.82) is 0 Å². The lowest BCUT2D eigenvalue weighted by atomic mass is 9.97. The summed E-state index contributed by atoms with van der Waals surface area (Å²) in [7, 11) is 0. The number of aromatic nitrogens is 3. The Bertz CT molecular complexity index is 3160. The zero-order valence-corrected chi connectivity index (χ0v) is 28.6. The molecule has 4 aromatic heterocycles. The Balaban J connectivity index is 1.15. The quantitative estimate of drug-likeness (QED) is 0.185. The molecule has 0 aliphatic heterocycles. The summed E-state index contributed by atoms with van der Waals surface area (Å²) in [6.07, 6.45) is 0. The molecule has 6 heteroatoms. The van der Waals surface area contributed by atoms with E-state index in [4.69, 9.17) is 19.4 Å². The van der Waals surface area contributed by atoms with Crippen LogP contribution in [0.15, 0.2) is 156 Å². The summed E-state index contributed by atoms with van der Waals surface area (Å²) in [6, 6.07) is 53.1. The number of hydrogen-bond donors (Lipinski definition) is 0. The third-order valence-corrected chi connectivity index (χ3v) is 12.1. The maximum absolute atomic E-state index is 6.25. The van der Waals surface area contributed by atoms with Gasteiger partial charge in [0.2, 0.25) is 0 Å². The molecule has 238 valence electrons. The Morgan fingerprint density at radius 2 is 1.02 bits per heavy atom. The molecule has 0 N–H and O–H groups in total. The molecule has 11 aromatic rings. The fraction of sp³-hybridized carbons (Fsp3) is 0. The van der Waals surface area contributed by atoms with Crippen LogP contribution in [0, 0.1) is 0 Å². The Morgan fingerprint density at radius 1 is 0.373 bits per heavy atom. The Labute approximate surface area is 299 Å². The highest BCUT2D eigenvalue weighted by atomic mass is 32.1. The molecule has 11 rings (SSSR count). The van der Waals surface area contributed by atoms with E-state index in [1.54, 1.807) is 0 Å². The minimum Gasteiger partial charge on any atom is -0.456 e. The number of rotatable bonds is 4. The molecule has 0 unspecified atom stereocenters. The molecule has 0 saturated heterocycles. The van der Waals surface area contributed by atoms with Gasteiger partial charge in [0.05, 0.1) is 0 Å². The molecule has 0 amide bonds. The van der Waals surface area contributed by atoms with Crippen LogP contribution < -0.4 is 0 Å². The summed E-state index contributed by atoms with van der Waals surface area (Å²) in [5, 5.41) is 7.12. The van der Waals surface area contributed by atoms with Gasteiger partial charge >= 0.3 is 0 Å². The Hall–Kier alpha value is -6.21. The van der Waals surface area contributed by atoms with E-state index in [1.807, 2.05) is 83.3 Å². The zero-order chi connectivity index (χ0) is 33.5. The molecule has 4 heterocycles. The third-order valence-electron chi connectivity index (χ3n) is 9.76. The van der Waals surface area contributed by atoms with Crippen LogP contribution in [0.5, 0.6) is 0 Å². The summed E-state index contributed by atoms with van der Waals surface area (Å²) >= 11 is 3.70. The van der Waals surface area contributed by atoms with E-state index in [9.17, 15) is 0 Å². The normalized spacial score (nSPS) is 11.9. The second-order valence-electron chi connectivity index (χ2n) is 12.7. The second kappa shape index (κ2) is 11.2. The van der Waals surface area contributed by atoms with Gasteiger partial charge in [-0.2, -0.15) is 0 Å². The zero-order valence-electron chi connectivity index (χ0n) is 27.0. The van der Waals surface area contributed by atoms with Gasteiger partial charge in [0.1, 0.15) is 11.2 Å². The standard InChI is InChI=1S/C45H25N3OS2/c1-2-11-26(12-3-1)43-46-44(48-45(47-43)33-18-9-20-36-40(33)32-14-4-6-19-35(32)49-36)27-23-24-38-34(25-27)41-29(15-10-22-39(41)50-38)31-17-8-16-30-28-13-5-7-21-37(28)51-42(30)31/h1-25H. The van der Waals surface area contributed by atoms with Gasteiger partial charge in [0.15, 0.2) is 17.5 Å². The Kier molecular flexibility index (Phi) is 6.26. The average Bonchev–Trinajstić information content (AvgIpc) is 3.89. The molecule has 0 bridgehead atoms. The van der Waals surface area contributed by atoms with E-state index in [-0.39, 0.29) is 0 Å². The topological polar surface area (TPSA) is 51.8 Å². The number of hydrogen-bond acceptors (Lipinski definition) is 6. The fourth-order valence-corrected chi connectivity index (χ4v) is 9.80. The van der Waals surface area contributed by atoms with Crippen LogP contribution in [-0.4, -0.2) is 15.0 Å². The van der Waals surface area contributed by atoms with Gasteiger partial charge in [0.25, 0.3) is 0 Å². The first-order chi connectivity index (χ1) is 25.3. The highest BCUT2D eigenvalue weighted by Crippen LogP contribution is 2.46. The first-order valence-corrected chi connectivity index (χ1v) is 18.5. The SMILES string of the molecule is c1ccc(-c2nc(-c3ccc4sc5cccc(-c6cccc7c6sc6ccccc67)c5c4c3)nc(-c3cccc4oc5ccccc5c34)n2)cc1. The van der Waals surface area contributed by atoms with Crippen molar-refractivity contribution in [1.82, 2.24) is 15.0 Å². The highest BCUT2D eigenvalue weighted by molar-refractivity contribution is 7.26. The van der Waals surface area contributed by atoms with Gasteiger partial charge < -0.3 is 4.42 Å². The summed E-state index contributed by atoms with van der Waals surface area (Å²) in [5.41, 5.74) is 6.96. The van der Waals surface area contributed by atoms with E-state index in [1.165, 1.54) is 51.5 Å². The molecule has 0 radical (unpaired) electrons. The minimum absolute atomic E-state index is 0.614. The highest BCUT2D eigenvalue weighted by Gasteiger charge is 2.20. The largest absolute Gasteiger partial charge is 0.456 e. The van der Waals surface area contributed by atoms with E-state index in [0.717, 1.165) is 38.6 Å². The minimum atomic E-state index is 0.614. The molecular weight excluding hydrogens is 663 g/mol. The molecule has 7 aromatic carbocycles. The second-order valence-corrected chi connectivity index (χ2v) is 14.9. The predicted molar refractivity (Wildman–Crippen MR) is 215 cm³/mol. The van der Waals surface area contributed by atoms with Gasteiger partial charge in [0, 0.05) is 73.4 Å². The first-order valence-electron chi connectivity index (χ1n) is 16.9. The summed E-state index contributed by atoms with van der Waals surface area (Å²) in [4.78, 5) is 15.4. The van der Waals surface area contributed by atoms with Crippen molar-refractivity contribution in [3.8, 4) is 45.3 Å². The van der Waals surface area contributed by atoms with Crippen LogP contribution in [0.25, 0.3) is 108 Å². The predicted octanol–water partition coefficient (Wildman–Crippen LogP) is 13.2. The lowest BCUT2D eigenvalue weighted by Gasteiger charge is -2.10. The lowest BCUT2D eigenvalue weighted by Crippen LogP contribution is -2.00. The van der Waals surface area contributed by atoms with Crippen LogP contribution in [0.2, 0.25) is 0 Å². The average molecular weight is 688 g/mol.